The first kappa shape index (κ1) is 12.3. The molecule has 0 aliphatic rings. The molecule has 7 heteroatoms. The standard InChI is InChI=1S/C11H9NO5S/c12-18(16,17)8-4-6-3-7(13)1-2-9(6)10(5-8)11(14)15/h1-5,13H,(H,14,15)(H2,12,16,17). The first-order valence-electron chi connectivity index (χ1n) is 4.82. The predicted molar refractivity (Wildman–Crippen MR) is 63.9 cm³/mol. The maximum Gasteiger partial charge on any atom is 0.336 e. The molecule has 2 aromatic rings. The molecule has 0 fully saturated rings. The van der Waals surface area contributed by atoms with E-state index in [-0.39, 0.29) is 16.2 Å². The van der Waals surface area contributed by atoms with Gasteiger partial charge < -0.3 is 10.2 Å². The molecule has 0 radical (unpaired) electrons. The van der Waals surface area contributed by atoms with E-state index >= 15 is 0 Å². The van der Waals surface area contributed by atoms with E-state index in [4.69, 9.17) is 10.2 Å². The Morgan fingerprint density at radius 2 is 1.83 bits per heavy atom. The molecule has 4 N–H and O–H groups in total. The Morgan fingerprint density at radius 3 is 2.39 bits per heavy atom. The minimum Gasteiger partial charge on any atom is -0.508 e. The molecule has 0 aromatic heterocycles. The largest absolute Gasteiger partial charge is 0.508 e. The summed E-state index contributed by atoms with van der Waals surface area (Å²) in [4.78, 5) is 10.8. The SMILES string of the molecule is NS(=O)(=O)c1cc(C(=O)O)c2ccc(O)cc2c1. The first-order valence-corrected chi connectivity index (χ1v) is 6.36. The zero-order chi connectivity index (χ0) is 13.5. The Bertz CT molecular complexity index is 751. The Hall–Kier alpha value is -2.12. The van der Waals surface area contributed by atoms with E-state index in [0.717, 1.165) is 6.07 Å². The zero-order valence-electron chi connectivity index (χ0n) is 8.99. The van der Waals surface area contributed by atoms with Crippen LogP contribution in [0, 0.1) is 0 Å². The normalized spacial score (nSPS) is 11.6. The lowest BCUT2D eigenvalue weighted by atomic mass is 10.0. The summed E-state index contributed by atoms with van der Waals surface area (Å²) in [6.45, 7) is 0. The van der Waals surface area contributed by atoms with Gasteiger partial charge in [-0.05, 0) is 41.1 Å². The highest BCUT2D eigenvalue weighted by Crippen LogP contribution is 2.26. The topological polar surface area (TPSA) is 118 Å². The third-order valence-electron chi connectivity index (χ3n) is 2.47. The average Bonchev–Trinajstić information content (AvgIpc) is 2.25. The molecule has 0 atom stereocenters. The summed E-state index contributed by atoms with van der Waals surface area (Å²) in [7, 11) is -4.01. The number of hydrogen-bond donors (Lipinski definition) is 3. The second-order valence-corrected chi connectivity index (χ2v) is 5.29. The van der Waals surface area contributed by atoms with Crippen LogP contribution >= 0.6 is 0 Å². The van der Waals surface area contributed by atoms with Gasteiger partial charge in [0.2, 0.25) is 10.0 Å². The summed E-state index contributed by atoms with van der Waals surface area (Å²) >= 11 is 0. The highest BCUT2D eigenvalue weighted by Gasteiger charge is 2.16. The highest BCUT2D eigenvalue weighted by molar-refractivity contribution is 7.89. The molecule has 2 aromatic carbocycles. The van der Waals surface area contributed by atoms with E-state index in [9.17, 15) is 18.3 Å². The molecule has 0 bridgehead atoms. The third-order valence-corrected chi connectivity index (χ3v) is 3.36. The van der Waals surface area contributed by atoms with Crippen LogP contribution in [0.15, 0.2) is 35.2 Å². The number of carboxylic acids is 1. The number of aromatic carboxylic acids is 1. The molecule has 0 unspecified atom stereocenters. The van der Waals surface area contributed by atoms with Crippen LogP contribution in [0.25, 0.3) is 10.8 Å². The number of rotatable bonds is 2. The minimum absolute atomic E-state index is 0.0922. The maximum absolute atomic E-state index is 11.3. The van der Waals surface area contributed by atoms with E-state index < -0.39 is 16.0 Å². The van der Waals surface area contributed by atoms with E-state index in [0.29, 0.717) is 10.8 Å². The quantitative estimate of drug-likeness (QED) is 0.746. The van der Waals surface area contributed by atoms with E-state index in [1.165, 1.54) is 24.3 Å². The molecule has 6 nitrogen and oxygen atoms in total. The number of hydrogen-bond acceptors (Lipinski definition) is 4. The summed E-state index contributed by atoms with van der Waals surface area (Å²) in [5.41, 5.74) is -0.184. The lowest BCUT2D eigenvalue weighted by molar-refractivity contribution is 0.0699. The molecular formula is C11H9NO5S. The predicted octanol–water partition coefficient (Wildman–Crippen LogP) is 0.891. The van der Waals surface area contributed by atoms with Crippen LogP contribution in [0.5, 0.6) is 5.75 Å². The Morgan fingerprint density at radius 1 is 1.17 bits per heavy atom. The van der Waals surface area contributed by atoms with Gasteiger partial charge in [0.05, 0.1) is 10.5 Å². The van der Waals surface area contributed by atoms with Crippen molar-refractivity contribution in [2.45, 2.75) is 4.90 Å². The number of aromatic hydroxyl groups is 1. The number of nitrogens with two attached hydrogens (primary N) is 1. The number of phenolic OH excluding ortho intramolecular Hbond substituents is 1. The van der Waals surface area contributed by atoms with Crippen LogP contribution in [-0.4, -0.2) is 24.6 Å². The molecule has 0 aliphatic heterocycles. The van der Waals surface area contributed by atoms with E-state index in [2.05, 4.69) is 0 Å². The Balaban J connectivity index is 2.92. The minimum atomic E-state index is -4.01. The van der Waals surface area contributed by atoms with Gasteiger partial charge in [-0.15, -0.1) is 0 Å². The highest BCUT2D eigenvalue weighted by atomic mass is 32.2. The van der Waals surface area contributed by atoms with Gasteiger partial charge in [0, 0.05) is 0 Å². The van der Waals surface area contributed by atoms with Crippen LogP contribution in [0.3, 0.4) is 0 Å². The van der Waals surface area contributed by atoms with Crippen molar-refractivity contribution in [3.8, 4) is 5.75 Å². The molecule has 18 heavy (non-hydrogen) atoms. The van der Waals surface area contributed by atoms with Gasteiger partial charge in [0.15, 0.2) is 0 Å². The van der Waals surface area contributed by atoms with Crippen molar-refractivity contribution < 1.29 is 23.4 Å². The fourth-order valence-corrected chi connectivity index (χ4v) is 2.24. The molecule has 2 rings (SSSR count). The van der Waals surface area contributed by atoms with Crippen molar-refractivity contribution in [2.24, 2.45) is 5.14 Å². The van der Waals surface area contributed by atoms with Crippen molar-refractivity contribution in [2.75, 3.05) is 0 Å². The lowest BCUT2D eigenvalue weighted by Gasteiger charge is -2.06. The van der Waals surface area contributed by atoms with E-state index in [1.807, 2.05) is 0 Å². The van der Waals surface area contributed by atoms with Crippen LogP contribution in [-0.2, 0) is 10.0 Å². The second-order valence-electron chi connectivity index (χ2n) is 3.73. The van der Waals surface area contributed by atoms with Gasteiger partial charge in [-0.3, -0.25) is 0 Å². The number of carboxylic acid groups (broad SMARTS) is 1. The van der Waals surface area contributed by atoms with Crippen LogP contribution < -0.4 is 5.14 Å². The smallest absolute Gasteiger partial charge is 0.336 e. The van der Waals surface area contributed by atoms with Crippen molar-refractivity contribution in [3.63, 3.8) is 0 Å². The Labute approximate surface area is 102 Å². The molecule has 0 saturated heterocycles. The molecule has 0 saturated carbocycles. The number of primary sulfonamides is 1. The fraction of sp³-hybridized carbons (Fsp3) is 0. The summed E-state index contributed by atoms with van der Waals surface area (Å²) in [5, 5.41) is 24.0. The van der Waals surface area contributed by atoms with Crippen molar-refractivity contribution in [3.05, 3.63) is 35.9 Å². The molecule has 0 spiro atoms. The maximum atomic E-state index is 11.3. The van der Waals surface area contributed by atoms with Gasteiger partial charge in [-0.25, -0.2) is 18.4 Å². The first-order chi connectivity index (χ1) is 8.29. The van der Waals surface area contributed by atoms with Gasteiger partial charge in [0.25, 0.3) is 0 Å². The summed E-state index contributed by atoms with van der Waals surface area (Å²) < 4.78 is 22.5. The number of carbonyl (C=O) groups is 1. The number of fused-ring (bicyclic) bond motifs is 1. The summed E-state index contributed by atoms with van der Waals surface area (Å²) in [6.07, 6.45) is 0. The average molecular weight is 267 g/mol. The molecule has 0 aliphatic carbocycles. The molecule has 94 valence electrons. The molecular weight excluding hydrogens is 258 g/mol. The van der Waals surface area contributed by atoms with Gasteiger partial charge in [-0.1, -0.05) is 0 Å². The fourth-order valence-electron chi connectivity index (χ4n) is 1.67. The monoisotopic (exact) mass is 267 g/mol. The molecule has 0 heterocycles. The van der Waals surface area contributed by atoms with Gasteiger partial charge >= 0.3 is 5.97 Å². The lowest BCUT2D eigenvalue weighted by Crippen LogP contribution is -2.13. The third kappa shape index (κ3) is 2.13. The van der Waals surface area contributed by atoms with Crippen molar-refractivity contribution in [1.82, 2.24) is 0 Å². The van der Waals surface area contributed by atoms with Crippen LogP contribution in [0.2, 0.25) is 0 Å². The molecule has 0 amide bonds. The van der Waals surface area contributed by atoms with Crippen LogP contribution in [0.1, 0.15) is 10.4 Å². The Kier molecular flexibility index (Phi) is 2.72. The number of phenols is 1. The van der Waals surface area contributed by atoms with E-state index in [1.54, 1.807) is 0 Å². The summed E-state index contributed by atoms with van der Waals surface area (Å²) in [6, 6.07) is 6.22. The van der Waals surface area contributed by atoms with Gasteiger partial charge in [0.1, 0.15) is 5.75 Å². The second kappa shape index (κ2) is 3.97. The van der Waals surface area contributed by atoms with Crippen LogP contribution in [0.4, 0.5) is 0 Å². The van der Waals surface area contributed by atoms with Gasteiger partial charge in [-0.2, -0.15) is 0 Å². The van der Waals surface area contributed by atoms with Crippen molar-refractivity contribution in [1.29, 1.82) is 0 Å². The number of sulfonamides is 1. The number of benzene rings is 2. The zero-order valence-corrected chi connectivity index (χ0v) is 9.81. The summed E-state index contributed by atoms with van der Waals surface area (Å²) in [5.74, 6) is -1.36. The van der Waals surface area contributed by atoms with Crippen molar-refractivity contribution >= 4 is 26.8 Å².